The molecule has 1 amide bonds. The van der Waals surface area contributed by atoms with Crippen LogP contribution in [0.4, 0.5) is 5.69 Å². The predicted octanol–water partition coefficient (Wildman–Crippen LogP) is 5.77. The summed E-state index contributed by atoms with van der Waals surface area (Å²) in [4.78, 5) is 36.4. The second kappa shape index (κ2) is 11.1. The highest BCUT2D eigenvalue weighted by Gasteiger charge is 2.13. The van der Waals surface area contributed by atoms with E-state index in [1.54, 1.807) is 32.1 Å². The molecule has 0 aliphatic carbocycles. The highest BCUT2D eigenvalue weighted by molar-refractivity contribution is 6.30. The van der Waals surface area contributed by atoms with Gasteiger partial charge in [-0.3, -0.25) is 4.79 Å². The number of hydrogen-bond acceptors (Lipinski definition) is 5. The molecule has 7 heteroatoms. The van der Waals surface area contributed by atoms with Gasteiger partial charge in [0.1, 0.15) is 11.5 Å². The molecule has 0 bridgehead atoms. The molecule has 0 aliphatic rings. The van der Waals surface area contributed by atoms with Gasteiger partial charge < -0.3 is 14.8 Å². The summed E-state index contributed by atoms with van der Waals surface area (Å²) in [5.41, 5.74) is 1.71. The summed E-state index contributed by atoms with van der Waals surface area (Å²) in [5, 5.41) is 2.99. The van der Waals surface area contributed by atoms with Crippen molar-refractivity contribution >= 4 is 41.2 Å². The number of esters is 2. The Morgan fingerprint density at radius 3 is 2.15 bits per heavy atom. The molecule has 0 radical (unpaired) electrons. The quantitative estimate of drug-likeness (QED) is 0.273. The minimum atomic E-state index is -0.625. The maximum absolute atomic E-state index is 12.5. The maximum atomic E-state index is 12.5. The van der Waals surface area contributed by atoms with E-state index in [1.807, 2.05) is 30.3 Å². The molecule has 0 unspecified atom stereocenters. The zero-order valence-corrected chi connectivity index (χ0v) is 18.8. The topological polar surface area (TPSA) is 81.7 Å². The van der Waals surface area contributed by atoms with E-state index >= 15 is 0 Å². The number of anilines is 1. The van der Waals surface area contributed by atoms with Gasteiger partial charge in [0.15, 0.2) is 0 Å². The SMILES string of the molecule is CC(C)C(=O)Nc1ccc(C(=O)Oc2cc(Cl)cc(OC(=O)/C=C/c3ccccc3)c2)cc1. The summed E-state index contributed by atoms with van der Waals surface area (Å²) in [6, 6.07) is 19.9. The first-order chi connectivity index (χ1) is 15.8. The van der Waals surface area contributed by atoms with Crippen LogP contribution in [0.25, 0.3) is 6.08 Å². The van der Waals surface area contributed by atoms with Crippen LogP contribution in [0.1, 0.15) is 29.8 Å². The molecule has 3 rings (SSSR count). The third-order valence-electron chi connectivity index (χ3n) is 4.40. The normalized spacial score (nSPS) is 10.8. The first-order valence-corrected chi connectivity index (χ1v) is 10.6. The monoisotopic (exact) mass is 463 g/mol. The molecule has 1 N–H and O–H groups in total. The third-order valence-corrected chi connectivity index (χ3v) is 4.62. The Balaban J connectivity index is 1.64. The lowest BCUT2D eigenvalue weighted by Gasteiger charge is -2.09. The van der Waals surface area contributed by atoms with Gasteiger partial charge in [0.05, 0.1) is 5.56 Å². The van der Waals surface area contributed by atoms with Gasteiger partial charge >= 0.3 is 11.9 Å². The molecule has 0 aliphatic heterocycles. The number of nitrogens with one attached hydrogen (secondary N) is 1. The van der Waals surface area contributed by atoms with Gasteiger partial charge in [0.25, 0.3) is 0 Å². The van der Waals surface area contributed by atoms with Crippen molar-refractivity contribution in [3.8, 4) is 11.5 Å². The number of ether oxygens (including phenoxy) is 2. The van der Waals surface area contributed by atoms with Crippen LogP contribution in [0.15, 0.2) is 78.9 Å². The lowest BCUT2D eigenvalue weighted by atomic mass is 10.1. The number of carbonyl (C=O) groups is 3. The molecule has 0 atom stereocenters. The Morgan fingerprint density at radius 2 is 1.52 bits per heavy atom. The van der Waals surface area contributed by atoms with Crippen molar-refractivity contribution in [2.24, 2.45) is 5.92 Å². The lowest BCUT2D eigenvalue weighted by molar-refractivity contribution is -0.128. The molecule has 33 heavy (non-hydrogen) atoms. The van der Waals surface area contributed by atoms with Crippen molar-refractivity contribution in [3.05, 3.63) is 95.0 Å². The minimum Gasteiger partial charge on any atom is -0.423 e. The number of amides is 1. The number of hydrogen-bond donors (Lipinski definition) is 1. The molecule has 3 aromatic rings. The van der Waals surface area contributed by atoms with Gasteiger partial charge in [-0.25, -0.2) is 9.59 Å². The Kier molecular flexibility index (Phi) is 8.00. The van der Waals surface area contributed by atoms with Crippen molar-refractivity contribution in [1.82, 2.24) is 0 Å². The molecular weight excluding hydrogens is 442 g/mol. The van der Waals surface area contributed by atoms with E-state index in [-0.39, 0.29) is 33.9 Å². The van der Waals surface area contributed by atoms with Gasteiger partial charge in [0.2, 0.25) is 5.91 Å². The maximum Gasteiger partial charge on any atom is 0.343 e. The van der Waals surface area contributed by atoms with Crippen LogP contribution in [0, 0.1) is 5.92 Å². The Labute approximate surface area is 196 Å². The van der Waals surface area contributed by atoms with E-state index in [0.717, 1.165) is 5.56 Å². The number of benzene rings is 3. The van der Waals surface area contributed by atoms with Gasteiger partial charge in [-0.05, 0) is 48.0 Å². The zero-order chi connectivity index (χ0) is 23.8. The molecule has 0 spiro atoms. The third kappa shape index (κ3) is 7.33. The Morgan fingerprint density at radius 1 is 0.879 bits per heavy atom. The average Bonchev–Trinajstić information content (AvgIpc) is 2.78. The van der Waals surface area contributed by atoms with Gasteiger partial charge in [-0.15, -0.1) is 0 Å². The number of rotatable bonds is 7. The molecule has 0 fully saturated rings. The highest BCUT2D eigenvalue weighted by Crippen LogP contribution is 2.27. The first-order valence-electron chi connectivity index (χ1n) is 10.2. The van der Waals surface area contributed by atoms with Gasteiger partial charge in [-0.1, -0.05) is 55.8 Å². The number of halogens is 1. The average molecular weight is 464 g/mol. The molecular formula is C26H22ClNO5. The van der Waals surface area contributed by atoms with Crippen LogP contribution in [0.3, 0.4) is 0 Å². The molecule has 0 heterocycles. The molecule has 0 saturated carbocycles. The van der Waals surface area contributed by atoms with E-state index < -0.39 is 11.9 Å². The zero-order valence-electron chi connectivity index (χ0n) is 18.1. The molecule has 0 saturated heterocycles. The predicted molar refractivity (Wildman–Crippen MR) is 127 cm³/mol. The van der Waals surface area contributed by atoms with Crippen LogP contribution in [-0.4, -0.2) is 17.8 Å². The van der Waals surface area contributed by atoms with Gasteiger partial charge in [0, 0.05) is 28.8 Å². The summed E-state index contributed by atoms with van der Waals surface area (Å²) in [6.45, 7) is 3.58. The van der Waals surface area contributed by atoms with E-state index in [9.17, 15) is 14.4 Å². The Hall–Kier alpha value is -3.90. The van der Waals surface area contributed by atoms with Crippen molar-refractivity contribution in [2.45, 2.75) is 13.8 Å². The molecule has 168 valence electrons. The van der Waals surface area contributed by atoms with Crippen molar-refractivity contribution < 1.29 is 23.9 Å². The smallest absolute Gasteiger partial charge is 0.343 e. The molecule has 3 aromatic carbocycles. The van der Waals surface area contributed by atoms with Crippen LogP contribution >= 0.6 is 11.6 Å². The summed E-state index contributed by atoms with van der Waals surface area (Å²) >= 11 is 6.09. The summed E-state index contributed by atoms with van der Waals surface area (Å²) < 4.78 is 10.6. The molecule has 6 nitrogen and oxygen atoms in total. The summed E-state index contributed by atoms with van der Waals surface area (Å²) in [5.74, 6) is -1.24. The summed E-state index contributed by atoms with van der Waals surface area (Å²) in [7, 11) is 0. The van der Waals surface area contributed by atoms with E-state index in [1.165, 1.54) is 36.4 Å². The highest BCUT2D eigenvalue weighted by atomic mass is 35.5. The van der Waals surface area contributed by atoms with Crippen LogP contribution in [0.2, 0.25) is 5.02 Å². The minimum absolute atomic E-state index is 0.120. The van der Waals surface area contributed by atoms with Crippen molar-refractivity contribution in [3.63, 3.8) is 0 Å². The molecule has 0 aromatic heterocycles. The fourth-order valence-electron chi connectivity index (χ4n) is 2.68. The Bertz CT molecular complexity index is 1170. The largest absolute Gasteiger partial charge is 0.423 e. The second-order valence-corrected chi connectivity index (χ2v) is 7.84. The standard InChI is InChI=1S/C26H22ClNO5/c1-17(2)25(30)28-21-11-9-19(10-12-21)26(31)33-23-15-20(27)14-22(16-23)32-24(29)13-8-18-6-4-3-5-7-18/h3-17H,1-2H3,(H,28,30)/b13-8+. The van der Waals surface area contributed by atoms with E-state index in [2.05, 4.69) is 5.32 Å². The van der Waals surface area contributed by atoms with E-state index in [0.29, 0.717) is 5.69 Å². The number of carbonyl (C=O) groups excluding carboxylic acids is 3. The second-order valence-electron chi connectivity index (χ2n) is 7.40. The van der Waals surface area contributed by atoms with Gasteiger partial charge in [-0.2, -0.15) is 0 Å². The van der Waals surface area contributed by atoms with Crippen LogP contribution in [-0.2, 0) is 9.59 Å². The van der Waals surface area contributed by atoms with Crippen LogP contribution in [0.5, 0.6) is 11.5 Å². The summed E-state index contributed by atoms with van der Waals surface area (Å²) in [6.07, 6.45) is 2.92. The lowest BCUT2D eigenvalue weighted by Crippen LogP contribution is -2.17. The first kappa shape index (κ1) is 23.8. The van der Waals surface area contributed by atoms with E-state index in [4.69, 9.17) is 21.1 Å². The van der Waals surface area contributed by atoms with Crippen molar-refractivity contribution in [2.75, 3.05) is 5.32 Å². The fraction of sp³-hybridized carbons (Fsp3) is 0.115. The van der Waals surface area contributed by atoms with Crippen molar-refractivity contribution in [1.29, 1.82) is 0 Å². The van der Waals surface area contributed by atoms with Crippen LogP contribution < -0.4 is 14.8 Å². The fourth-order valence-corrected chi connectivity index (χ4v) is 2.89.